The molecule has 1 aliphatic rings. The van der Waals surface area contributed by atoms with Gasteiger partial charge >= 0.3 is 0 Å². The van der Waals surface area contributed by atoms with Gasteiger partial charge in [0.1, 0.15) is 5.82 Å². The van der Waals surface area contributed by atoms with Gasteiger partial charge in [-0.05, 0) is 24.3 Å². The number of benzene rings is 1. The molecule has 0 amide bonds. The van der Waals surface area contributed by atoms with Crippen molar-refractivity contribution in [1.82, 2.24) is 19.4 Å². The van der Waals surface area contributed by atoms with Crippen molar-refractivity contribution in [2.75, 3.05) is 31.1 Å². The summed E-state index contributed by atoms with van der Waals surface area (Å²) >= 11 is 0. The minimum atomic E-state index is 0.899. The second-order valence-corrected chi connectivity index (χ2v) is 5.64. The van der Waals surface area contributed by atoms with Gasteiger partial charge in [-0.2, -0.15) is 0 Å². The normalized spacial score (nSPS) is 16.3. The summed E-state index contributed by atoms with van der Waals surface area (Å²) in [6.45, 7) is 5.02. The molecule has 0 saturated carbocycles. The number of aromatic nitrogens is 3. The van der Waals surface area contributed by atoms with E-state index in [1.807, 2.05) is 30.7 Å². The monoisotopic (exact) mass is 293 g/mol. The summed E-state index contributed by atoms with van der Waals surface area (Å²) in [5, 5.41) is 0. The quantitative estimate of drug-likeness (QED) is 0.742. The van der Waals surface area contributed by atoms with Crippen molar-refractivity contribution in [3.05, 3.63) is 55.0 Å². The minimum absolute atomic E-state index is 0.899. The van der Waals surface area contributed by atoms with Crippen LogP contribution in [0.15, 0.2) is 55.0 Å². The summed E-state index contributed by atoms with van der Waals surface area (Å²) in [6.07, 6.45) is 3.80. The highest BCUT2D eigenvalue weighted by Gasteiger charge is 2.18. The van der Waals surface area contributed by atoms with Crippen molar-refractivity contribution in [2.45, 2.75) is 6.67 Å². The number of hydrogen-bond donors (Lipinski definition) is 0. The molecule has 3 heterocycles. The zero-order chi connectivity index (χ0) is 14.8. The second-order valence-electron chi connectivity index (χ2n) is 5.64. The molecule has 0 bridgehead atoms. The lowest BCUT2D eigenvalue weighted by Crippen LogP contribution is -2.47. The van der Waals surface area contributed by atoms with Gasteiger partial charge in [-0.1, -0.05) is 18.2 Å². The van der Waals surface area contributed by atoms with E-state index >= 15 is 0 Å². The van der Waals surface area contributed by atoms with Gasteiger partial charge in [-0.3, -0.25) is 4.90 Å². The fourth-order valence-electron chi connectivity index (χ4n) is 3.00. The van der Waals surface area contributed by atoms with Crippen LogP contribution in [0.3, 0.4) is 0 Å². The zero-order valence-corrected chi connectivity index (χ0v) is 12.5. The lowest BCUT2D eigenvalue weighted by atomic mass is 10.3. The number of para-hydroxylation sites is 2. The molecule has 1 aromatic carbocycles. The zero-order valence-electron chi connectivity index (χ0n) is 12.5. The molecule has 5 heteroatoms. The molecular weight excluding hydrogens is 274 g/mol. The molecule has 112 valence electrons. The van der Waals surface area contributed by atoms with Crippen molar-refractivity contribution in [2.24, 2.45) is 0 Å². The molecule has 0 aliphatic carbocycles. The summed E-state index contributed by atoms with van der Waals surface area (Å²) in [5.74, 6) is 1.08. The van der Waals surface area contributed by atoms with E-state index < -0.39 is 0 Å². The molecule has 0 radical (unpaired) electrons. The van der Waals surface area contributed by atoms with Crippen LogP contribution in [-0.2, 0) is 6.67 Å². The highest BCUT2D eigenvalue weighted by Crippen LogP contribution is 2.15. The number of hydrogen-bond acceptors (Lipinski definition) is 4. The van der Waals surface area contributed by atoms with Crippen molar-refractivity contribution >= 4 is 16.9 Å². The van der Waals surface area contributed by atoms with E-state index in [1.54, 1.807) is 0 Å². The Morgan fingerprint density at radius 3 is 2.50 bits per heavy atom. The van der Waals surface area contributed by atoms with E-state index in [0.29, 0.717) is 0 Å². The average Bonchev–Trinajstić information content (AvgIpc) is 3.00. The fraction of sp³-hybridized carbons (Fsp3) is 0.294. The lowest BCUT2D eigenvalue weighted by molar-refractivity contribution is 0.208. The van der Waals surface area contributed by atoms with E-state index in [9.17, 15) is 0 Å². The first kappa shape index (κ1) is 13.3. The number of pyridine rings is 1. The Morgan fingerprint density at radius 2 is 1.68 bits per heavy atom. The number of nitrogens with zero attached hydrogens (tertiary/aromatic N) is 5. The Balaban J connectivity index is 1.42. The summed E-state index contributed by atoms with van der Waals surface area (Å²) in [7, 11) is 0. The predicted molar refractivity (Wildman–Crippen MR) is 87.8 cm³/mol. The van der Waals surface area contributed by atoms with Gasteiger partial charge in [0, 0.05) is 32.4 Å². The maximum atomic E-state index is 4.46. The molecule has 4 rings (SSSR count). The van der Waals surface area contributed by atoms with Crippen LogP contribution in [0, 0.1) is 0 Å². The number of imidazole rings is 1. The van der Waals surface area contributed by atoms with E-state index in [0.717, 1.165) is 44.2 Å². The van der Waals surface area contributed by atoms with Gasteiger partial charge in [-0.25, -0.2) is 9.97 Å². The van der Waals surface area contributed by atoms with Gasteiger partial charge in [0.25, 0.3) is 0 Å². The molecule has 0 atom stereocenters. The summed E-state index contributed by atoms with van der Waals surface area (Å²) in [5.41, 5.74) is 2.27. The Kier molecular flexibility index (Phi) is 3.48. The van der Waals surface area contributed by atoms with Crippen LogP contribution in [0.5, 0.6) is 0 Å². The first-order valence-corrected chi connectivity index (χ1v) is 7.68. The van der Waals surface area contributed by atoms with Crippen LogP contribution in [-0.4, -0.2) is 45.6 Å². The topological polar surface area (TPSA) is 37.2 Å². The first-order valence-electron chi connectivity index (χ1n) is 7.68. The van der Waals surface area contributed by atoms with Crippen molar-refractivity contribution in [1.29, 1.82) is 0 Å². The van der Waals surface area contributed by atoms with Gasteiger partial charge in [0.15, 0.2) is 0 Å². The molecule has 0 unspecified atom stereocenters. The highest BCUT2D eigenvalue weighted by atomic mass is 15.3. The van der Waals surface area contributed by atoms with Gasteiger partial charge in [0.2, 0.25) is 0 Å². The highest BCUT2D eigenvalue weighted by molar-refractivity contribution is 5.74. The van der Waals surface area contributed by atoms with Crippen LogP contribution in [0.2, 0.25) is 0 Å². The molecule has 0 spiro atoms. The van der Waals surface area contributed by atoms with Crippen LogP contribution >= 0.6 is 0 Å². The fourth-order valence-corrected chi connectivity index (χ4v) is 3.00. The van der Waals surface area contributed by atoms with E-state index in [1.165, 1.54) is 5.52 Å². The second kappa shape index (κ2) is 5.77. The van der Waals surface area contributed by atoms with Crippen molar-refractivity contribution in [3.63, 3.8) is 0 Å². The molecule has 5 nitrogen and oxygen atoms in total. The third kappa shape index (κ3) is 2.55. The Morgan fingerprint density at radius 1 is 0.864 bits per heavy atom. The van der Waals surface area contributed by atoms with Crippen molar-refractivity contribution < 1.29 is 0 Å². The van der Waals surface area contributed by atoms with Gasteiger partial charge in [-0.15, -0.1) is 0 Å². The number of fused-ring (bicyclic) bond motifs is 1. The Labute approximate surface area is 129 Å². The van der Waals surface area contributed by atoms with E-state index in [2.05, 4.69) is 48.6 Å². The molecule has 22 heavy (non-hydrogen) atoms. The molecule has 0 N–H and O–H groups in total. The lowest BCUT2D eigenvalue weighted by Gasteiger charge is -2.35. The summed E-state index contributed by atoms with van der Waals surface area (Å²) < 4.78 is 2.23. The van der Waals surface area contributed by atoms with Gasteiger partial charge in [0.05, 0.1) is 24.0 Å². The molecule has 1 saturated heterocycles. The molecule has 1 aliphatic heterocycles. The summed E-state index contributed by atoms with van der Waals surface area (Å²) in [4.78, 5) is 13.7. The molecule has 2 aromatic heterocycles. The maximum Gasteiger partial charge on any atom is 0.128 e. The number of piperazine rings is 1. The molecule has 3 aromatic rings. The Bertz CT molecular complexity index is 744. The predicted octanol–water partition coefficient (Wildman–Crippen LogP) is 2.21. The van der Waals surface area contributed by atoms with E-state index in [4.69, 9.17) is 0 Å². The number of anilines is 1. The van der Waals surface area contributed by atoms with Crippen LogP contribution in [0.1, 0.15) is 0 Å². The maximum absolute atomic E-state index is 4.46. The van der Waals surface area contributed by atoms with Gasteiger partial charge < -0.3 is 9.47 Å². The first-order chi connectivity index (χ1) is 10.9. The van der Waals surface area contributed by atoms with Crippen LogP contribution in [0.25, 0.3) is 11.0 Å². The van der Waals surface area contributed by atoms with Crippen LogP contribution in [0.4, 0.5) is 5.82 Å². The van der Waals surface area contributed by atoms with E-state index in [-0.39, 0.29) is 0 Å². The van der Waals surface area contributed by atoms with Crippen molar-refractivity contribution in [3.8, 4) is 0 Å². The largest absolute Gasteiger partial charge is 0.354 e. The third-order valence-corrected chi connectivity index (χ3v) is 4.23. The Hall–Kier alpha value is -2.40. The minimum Gasteiger partial charge on any atom is -0.354 e. The SMILES string of the molecule is c1ccc(N2CCN(Cn3cnc4ccccc43)CC2)nc1. The molecule has 1 fully saturated rings. The average molecular weight is 293 g/mol. The smallest absolute Gasteiger partial charge is 0.128 e. The molecular formula is C17H19N5. The number of rotatable bonds is 3. The third-order valence-electron chi connectivity index (χ3n) is 4.23. The summed E-state index contributed by atoms with van der Waals surface area (Å²) in [6, 6.07) is 14.4. The van der Waals surface area contributed by atoms with Crippen LogP contribution < -0.4 is 4.90 Å². The standard InChI is InChI=1S/C17H19N5/c1-2-6-16-15(5-1)19-13-22(16)14-20-9-11-21(12-10-20)17-7-3-4-8-18-17/h1-8,13H,9-12,14H2.